The van der Waals surface area contributed by atoms with Gasteiger partial charge in [0.25, 0.3) is 5.91 Å². The quantitative estimate of drug-likeness (QED) is 0.910. The standard InChI is InChI=1S/C17H17N3O2/c18-16(21)14-9-4-10-15(19-14)20-17(22)13-8-3-6-11-5-1-2-7-12(11)13/h1-2,4-5,7,9-10,13H,3,6,8H2,(H2,18,21)(H,19,20,22). The fraction of sp³-hybridized carbons (Fsp3) is 0.235. The van der Waals surface area contributed by atoms with Crippen LogP contribution in [0.3, 0.4) is 0 Å². The van der Waals surface area contributed by atoms with Crippen LogP contribution in [0, 0.1) is 0 Å². The van der Waals surface area contributed by atoms with Crippen LogP contribution in [-0.4, -0.2) is 16.8 Å². The fourth-order valence-corrected chi connectivity index (χ4v) is 2.88. The minimum atomic E-state index is -0.612. The van der Waals surface area contributed by atoms with E-state index in [1.54, 1.807) is 12.1 Å². The number of nitrogens with zero attached hydrogens (tertiary/aromatic N) is 1. The van der Waals surface area contributed by atoms with E-state index in [2.05, 4.69) is 16.4 Å². The highest BCUT2D eigenvalue weighted by atomic mass is 16.2. The van der Waals surface area contributed by atoms with Crippen LogP contribution in [0.5, 0.6) is 0 Å². The van der Waals surface area contributed by atoms with Crippen molar-refractivity contribution in [3.8, 4) is 0 Å². The lowest BCUT2D eigenvalue weighted by Gasteiger charge is -2.24. The molecule has 1 aromatic heterocycles. The third kappa shape index (κ3) is 2.83. The molecular formula is C17H17N3O2. The Morgan fingerprint density at radius 3 is 2.77 bits per heavy atom. The van der Waals surface area contributed by atoms with Crippen LogP contribution in [0.4, 0.5) is 5.82 Å². The normalized spacial score (nSPS) is 16.6. The highest BCUT2D eigenvalue weighted by Crippen LogP contribution is 2.32. The molecule has 0 aliphatic heterocycles. The number of benzene rings is 1. The molecule has 5 nitrogen and oxygen atoms in total. The summed E-state index contributed by atoms with van der Waals surface area (Å²) in [5.74, 6) is -0.534. The van der Waals surface area contributed by atoms with E-state index in [0.29, 0.717) is 5.82 Å². The number of amides is 2. The minimum Gasteiger partial charge on any atom is -0.364 e. The van der Waals surface area contributed by atoms with E-state index in [1.165, 1.54) is 11.6 Å². The molecule has 112 valence electrons. The van der Waals surface area contributed by atoms with Gasteiger partial charge in [0.15, 0.2) is 0 Å². The van der Waals surface area contributed by atoms with Gasteiger partial charge in [0, 0.05) is 0 Å². The number of nitrogens with two attached hydrogens (primary N) is 1. The lowest BCUT2D eigenvalue weighted by molar-refractivity contribution is -0.117. The van der Waals surface area contributed by atoms with Crippen molar-refractivity contribution >= 4 is 17.6 Å². The Morgan fingerprint density at radius 2 is 1.95 bits per heavy atom. The number of aryl methyl sites for hydroxylation is 1. The predicted molar refractivity (Wildman–Crippen MR) is 83.5 cm³/mol. The van der Waals surface area contributed by atoms with Crippen LogP contribution in [0.15, 0.2) is 42.5 Å². The zero-order valence-electron chi connectivity index (χ0n) is 12.1. The molecule has 5 heteroatoms. The van der Waals surface area contributed by atoms with Crippen LogP contribution in [0.25, 0.3) is 0 Å². The van der Waals surface area contributed by atoms with Gasteiger partial charge in [-0.3, -0.25) is 9.59 Å². The molecule has 1 aliphatic carbocycles. The van der Waals surface area contributed by atoms with Crippen molar-refractivity contribution in [2.45, 2.75) is 25.2 Å². The van der Waals surface area contributed by atoms with E-state index in [1.807, 2.05) is 18.2 Å². The summed E-state index contributed by atoms with van der Waals surface area (Å²) in [6.07, 6.45) is 2.82. The van der Waals surface area contributed by atoms with Gasteiger partial charge in [-0.1, -0.05) is 30.3 Å². The van der Waals surface area contributed by atoms with Crippen LogP contribution < -0.4 is 11.1 Å². The molecule has 0 bridgehead atoms. The third-order valence-corrected chi connectivity index (χ3v) is 3.94. The Balaban J connectivity index is 1.81. The Kier molecular flexibility index (Phi) is 3.87. The first-order valence-corrected chi connectivity index (χ1v) is 7.30. The average molecular weight is 295 g/mol. The van der Waals surface area contributed by atoms with E-state index in [4.69, 9.17) is 5.73 Å². The van der Waals surface area contributed by atoms with Gasteiger partial charge in [0.1, 0.15) is 11.5 Å². The second kappa shape index (κ2) is 5.97. The van der Waals surface area contributed by atoms with Crippen LogP contribution in [-0.2, 0) is 11.2 Å². The van der Waals surface area contributed by atoms with Gasteiger partial charge in [-0.25, -0.2) is 4.98 Å². The molecule has 1 aromatic carbocycles. The van der Waals surface area contributed by atoms with E-state index in [0.717, 1.165) is 24.8 Å². The largest absolute Gasteiger partial charge is 0.364 e. The van der Waals surface area contributed by atoms with Crippen molar-refractivity contribution in [1.29, 1.82) is 0 Å². The summed E-state index contributed by atoms with van der Waals surface area (Å²) in [6, 6.07) is 12.9. The molecule has 1 aliphatic rings. The second-order valence-electron chi connectivity index (χ2n) is 5.41. The topological polar surface area (TPSA) is 85.1 Å². The molecule has 1 heterocycles. The number of anilines is 1. The number of aromatic nitrogens is 1. The van der Waals surface area contributed by atoms with Gasteiger partial charge >= 0.3 is 0 Å². The minimum absolute atomic E-state index is 0.0960. The molecule has 0 saturated carbocycles. The van der Waals surface area contributed by atoms with Gasteiger partial charge in [-0.15, -0.1) is 0 Å². The summed E-state index contributed by atoms with van der Waals surface area (Å²) < 4.78 is 0. The maximum atomic E-state index is 12.5. The predicted octanol–water partition coefficient (Wildman–Crippen LogP) is 2.24. The number of pyridine rings is 1. The van der Waals surface area contributed by atoms with Gasteiger partial charge < -0.3 is 11.1 Å². The zero-order chi connectivity index (χ0) is 15.5. The summed E-state index contributed by atoms with van der Waals surface area (Å²) >= 11 is 0. The highest BCUT2D eigenvalue weighted by Gasteiger charge is 2.26. The number of nitrogens with one attached hydrogen (secondary N) is 1. The van der Waals surface area contributed by atoms with E-state index < -0.39 is 5.91 Å². The van der Waals surface area contributed by atoms with Gasteiger partial charge in [-0.2, -0.15) is 0 Å². The maximum Gasteiger partial charge on any atom is 0.267 e. The summed E-state index contributed by atoms with van der Waals surface area (Å²) in [4.78, 5) is 27.8. The lowest BCUT2D eigenvalue weighted by atomic mass is 9.82. The third-order valence-electron chi connectivity index (χ3n) is 3.94. The number of primary amides is 1. The van der Waals surface area contributed by atoms with Crippen LogP contribution in [0.2, 0.25) is 0 Å². The zero-order valence-corrected chi connectivity index (χ0v) is 12.1. The van der Waals surface area contributed by atoms with Crippen LogP contribution in [0.1, 0.15) is 40.4 Å². The molecule has 0 radical (unpaired) electrons. The van der Waals surface area contributed by atoms with Gasteiger partial charge in [-0.05, 0) is 42.5 Å². The summed E-state index contributed by atoms with van der Waals surface area (Å²) in [5.41, 5.74) is 7.66. The molecule has 1 atom stereocenters. The Bertz CT molecular complexity index is 727. The number of rotatable bonds is 3. The van der Waals surface area contributed by atoms with Crippen molar-refractivity contribution in [2.75, 3.05) is 5.32 Å². The molecular weight excluding hydrogens is 278 g/mol. The number of hydrogen-bond donors (Lipinski definition) is 2. The Labute approximate surface area is 128 Å². The molecule has 3 rings (SSSR count). The first kappa shape index (κ1) is 14.3. The molecule has 0 spiro atoms. The number of carbonyl (C=O) groups excluding carboxylic acids is 2. The molecule has 22 heavy (non-hydrogen) atoms. The second-order valence-corrected chi connectivity index (χ2v) is 5.41. The Hall–Kier alpha value is -2.69. The number of carbonyl (C=O) groups is 2. The van der Waals surface area contributed by atoms with Crippen molar-refractivity contribution < 1.29 is 9.59 Å². The van der Waals surface area contributed by atoms with E-state index >= 15 is 0 Å². The monoisotopic (exact) mass is 295 g/mol. The smallest absolute Gasteiger partial charge is 0.267 e. The first-order chi connectivity index (χ1) is 10.6. The summed E-state index contributed by atoms with van der Waals surface area (Å²) in [6.45, 7) is 0. The molecule has 3 N–H and O–H groups in total. The SMILES string of the molecule is NC(=O)c1cccc(NC(=O)C2CCCc3ccccc32)n1. The van der Waals surface area contributed by atoms with Crippen molar-refractivity contribution in [3.63, 3.8) is 0 Å². The highest BCUT2D eigenvalue weighted by molar-refractivity contribution is 5.96. The van der Waals surface area contributed by atoms with Crippen molar-refractivity contribution in [2.24, 2.45) is 5.73 Å². The van der Waals surface area contributed by atoms with E-state index in [-0.39, 0.29) is 17.5 Å². The number of fused-ring (bicyclic) bond motifs is 1. The van der Waals surface area contributed by atoms with Gasteiger partial charge in [0.2, 0.25) is 5.91 Å². The fourth-order valence-electron chi connectivity index (χ4n) is 2.88. The van der Waals surface area contributed by atoms with E-state index in [9.17, 15) is 9.59 Å². The number of hydrogen-bond acceptors (Lipinski definition) is 3. The maximum absolute atomic E-state index is 12.5. The molecule has 0 fully saturated rings. The summed E-state index contributed by atoms with van der Waals surface area (Å²) in [7, 11) is 0. The lowest BCUT2D eigenvalue weighted by Crippen LogP contribution is -2.25. The molecule has 0 saturated heterocycles. The Morgan fingerprint density at radius 1 is 1.14 bits per heavy atom. The first-order valence-electron chi connectivity index (χ1n) is 7.30. The van der Waals surface area contributed by atoms with Crippen LogP contribution >= 0.6 is 0 Å². The van der Waals surface area contributed by atoms with Crippen molar-refractivity contribution in [1.82, 2.24) is 4.98 Å². The molecule has 1 unspecified atom stereocenters. The van der Waals surface area contributed by atoms with Crippen molar-refractivity contribution in [3.05, 3.63) is 59.3 Å². The summed E-state index contributed by atoms with van der Waals surface area (Å²) in [5, 5.41) is 2.79. The van der Waals surface area contributed by atoms with Gasteiger partial charge in [0.05, 0.1) is 5.92 Å². The molecule has 2 amide bonds. The molecule has 2 aromatic rings. The average Bonchev–Trinajstić information content (AvgIpc) is 2.54.